The van der Waals surface area contributed by atoms with Gasteiger partial charge in [0.2, 0.25) is 0 Å². The van der Waals surface area contributed by atoms with Gasteiger partial charge in [-0.25, -0.2) is 0 Å². The molecule has 0 amide bonds. The van der Waals surface area contributed by atoms with Crippen LogP contribution in [-0.2, 0) is 0 Å². The van der Waals surface area contributed by atoms with Crippen LogP contribution in [0.5, 0.6) is 0 Å². The van der Waals surface area contributed by atoms with E-state index in [1.165, 1.54) is 99.5 Å². The standard InChI is InChI=1S/C50H40N2/c1-33(35(3)39-25-29-41(30-26-39)51-47-17-9-5-13-43(47)44-14-6-10-18-48(44)51)37-21-23-38(24-22-37)34(2)36(4)40-27-31-42(32-28-40)52-49-19-11-7-15-45(49)46-16-8-12-20-50(46)52/h5-32H,1-4H3/b35-33+,36-34+. The lowest BCUT2D eigenvalue weighted by atomic mass is 9.93. The number of nitrogens with zero attached hydrogens (tertiary/aromatic N) is 2. The lowest BCUT2D eigenvalue weighted by molar-refractivity contribution is 1.18. The maximum atomic E-state index is 2.37. The first-order valence-electron chi connectivity index (χ1n) is 18.1. The van der Waals surface area contributed by atoms with Crippen LogP contribution in [0.15, 0.2) is 170 Å². The Morgan fingerprint density at radius 1 is 0.269 bits per heavy atom. The highest BCUT2D eigenvalue weighted by Crippen LogP contribution is 2.35. The molecule has 0 aliphatic heterocycles. The highest BCUT2D eigenvalue weighted by molar-refractivity contribution is 6.10. The molecule has 7 aromatic carbocycles. The summed E-state index contributed by atoms with van der Waals surface area (Å²) in [6.07, 6.45) is 0. The Hall–Kier alpha value is -6.38. The molecule has 0 saturated carbocycles. The first-order valence-corrected chi connectivity index (χ1v) is 18.1. The minimum Gasteiger partial charge on any atom is -0.309 e. The number of benzene rings is 7. The summed E-state index contributed by atoms with van der Waals surface area (Å²) in [6.45, 7) is 8.93. The topological polar surface area (TPSA) is 9.86 Å². The van der Waals surface area contributed by atoms with Crippen LogP contribution < -0.4 is 0 Å². The molecule has 52 heavy (non-hydrogen) atoms. The van der Waals surface area contributed by atoms with Crippen molar-refractivity contribution in [2.45, 2.75) is 27.7 Å². The number of rotatable bonds is 6. The zero-order chi connectivity index (χ0) is 35.3. The molecule has 0 radical (unpaired) electrons. The Morgan fingerprint density at radius 3 is 0.731 bits per heavy atom. The molecular weight excluding hydrogens is 629 g/mol. The van der Waals surface area contributed by atoms with Crippen molar-refractivity contribution in [2.75, 3.05) is 0 Å². The van der Waals surface area contributed by atoms with Crippen molar-refractivity contribution >= 4 is 65.9 Å². The van der Waals surface area contributed by atoms with Crippen LogP contribution in [-0.4, -0.2) is 9.13 Å². The van der Waals surface area contributed by atoms with Gasteiger partial charge in [-0.3, -0.25) is 0 Å². The van der Waals surface area contributed by atoms with Gasteiger partial charge in [0.25, 0.3) is 0 Å². The molecule has 9 aromatic rings. The van der Waals surface area contributed by atoms with E-state index in [-0.39, 0.29) is 0 Å². The van der Waals surface area contributed by atoms with Crippen molar-refractivity contribution in [2.24, 2.45) is 0 Å². The van der Waals surface area contributed by atoms with Gasteiger partial charge >= 0.3 is 0 Å². The molecule has 2 heteroatoms. The summed E-state index contributed by atoms with van der Waals surface area (Å²) in [6, 6.07) is 61.8. The van der Waals surface area contributed by atoms with E-state index in [1.807, 2.05) is 0 Å². The van der Waals surface area contributed by atoms with Crippen molar-refractivity contribution in [1.29, 1.82) is 0 Å². The van der Waals surface area contributed by atoms with Crippen LogP contribution >= 0.6 is 0 Å². The van der Waals surface area contributed by atoms with Gasteiger partial charge in [0.15, 0.2) is 0 Å². The minimum absolute atomic E-state index is 1.18. The number of para-hydroxylation sites is 4. The highest BCUT2D eigenvalue weighted by atomic mass is 15.0. The van der Waals surface area contributed by atoms with Crippen LogP contribution in [0.25, 0.3) is 77.3 Å². The van der Waals surface area contributed by atoms with Crippen molar-refractivity contribution in [3.8, 4) is 11.4 Å². The van der Waals surface area contributed by atoms with E-state index < -0.39 is 0 Å². The van der Waals surface area contributed by atoms with E-state index in [2.05, 4.69) is 207 Å². The maximum absolute atomic E-state index is 2.37. The summed E-state index contributed by atoms with van der Waals surface area (Å²) in [5.74, 6) is 0. The molecule has 2 aromatic heterocycles. The van der Waals surface area contributed by atoms with Gasteiger partial charge in [-0.05, 0) is 121 Å². The summed E-state index contributed by atoms with van der Waals surface area (Å²) in [5.41, 5.74) is 17.4. The van der Waals surface area contributed by atoms with Crippen LogP contribution in [0.3, 0.4) is 0 Å². The predicted molar refractivity (Wildman–Crippen MR) is 224 cm³/mol. The van der Waals surface area contributed by atoms with Crippen molar-refractivity contribution in [3.63, 3.8) is 0 Å². The Labute approximate surface area is 305 Å². The third kappa shape index (κ3) is 5.18. The molecule has 2 heterocycles. The molecule has 0 unspecified atom stereocenters. The third-order valence-electron chi connectivity index (χ3n) is 11.2. The van der Waals surface area contributed by atoms with Gasteiger partial charge in [-0.2, -0.15) is 0 Å². The fourth-order valence-corrected chi connectivity index (χ4v) is 7.96. The molecule has 0 aliphatic carbocycles. The van der Waals surface area contributed by atoms with Gasteiger partial charge in [0.1, 0.15) is 0 Å². The minimum atomic E-state index is 1.18. The van der Waals surface area contributed by atoms with Crippen LogP contribution in [0, 0.1) is 0 Å². The second-order valence-electron chi connectivity index (χ2n) is 13.9. The van der Waals surface area contributed by atoms with Crippen LogP contribution in [0.2, 0.25) is 0 Å². The SMILES string of the molecule is C/C(=C(/C)c1ccc(-n2c3ccccc3c3ccccc32)cc1)c1ccc(/C(C)=C(\C)c2ccc(-n3c4ccccc4c4ccccc43)cc2)cc1. The second kappa shape index (κ2) is 12.7. The lowest BCUT2D eigenvalue weighted by Gasteiger charge is -2.14. The van der Waals surface area contributed by atoms with E-state index in [1.54, 1.807) is 0 Å². The largest absolute Gasteiger partial charge is 0.309 e. The first-order chi connectivity index (χ1) is 25.5. The molecule has 0 aliphatic rings. The zero-order valence-corrected chi connectivity index (χ0v) is 30.1. The monoisotopic (exact) mass is 668 g/mol. The Balaban J connectivity index is 0.975. The molecule has 0 atom stereocenters. The predicted octanol–water partition coefficient (Wildman–Crippen LogP) is 13.8. The highest BCUT2D eigenvalue weighted by Gasteiger charge is 2.14. The first kappa shape index (κ1) is 31.6. The molecule has 250 valence electrons. The molecule has 2 nitrogen and oxygen atoms in total. The van der Waals surface area contributed by atoms with Crippen molar-refractivity contribution in [1.82, 2.24) is 9.13 Å². The molecule has 0 saturated heterocycles. The number of aromatic nitrogens is 2. The van der Waals surface area contributed by atoms with Gasteiger partial charge < -0.3 is 9.13 Å². The number of hydrogen-bond donors (Lipinski definition) is 0. The normalized spacial score (nSPS) is 12.8. The molecule has 9 rings (SSSR count). The maximum Gasteiger partial charge on any atom is 0.0541 e. The number of fused-ring (bicyclic) bond motifs is 6. The van der Waals surface area contributed by atoms with E-state index in [0.717, 1.165) is 0 Å². The van der Waals surface area contributed by atoms with E-state index in [4.69, 9.17) is 0 Å². The van der Waals surface area contributed by atoms with Gasteiger partial charge in [0, 0.05) is 32.9 Å². The molecular formula is C50H40N2. The Morgan fingerprint density at radius 2 is 0.481 bits per heavy atom. The average Bonchev–Trinajstić information content (AvgIpc) is 3.73. The Bertz CT molecular complexity index is 2530. The summed E-state index contributed by atoms with van der Waals surface area (Å²) < 4.78 is 4.74. The van der Waals surface area contributed by atoms with Crippen LogP contribution in [0.1, 0.15) is 49.9 Å². The average molecular weight is 669 g/mol. The van der Waals surface area contributed by atoms with Crippen molar-refractivity contribution < 1.29 is 0 Å². The molecule has 0 spiro atoms. The van der Waals surface area contributed by atoms with Gasteiger partial charge in [-0.1, -0.05) is 121 Å². The molecule has 0 bridgehead atoms. The summed E-state index contributed by atoms with van der Waals surface area (Å²) in [4.78, 5) is 0. The second-order valence-corrected chi connectivity index (χ2v) is 13.9. The summed E-state index contributed by atoms with van der Waals surface area (Å²) in [7, 11) is 0. The quantitative estimate of drug-likeness (QED) is 0.156. The molecule has 0 fully saturated rings. The Kier molecular flexibility index (Phi) is 7.74. The summed E-state index contributed by atoms with van der Waals surface area (Å²) >= 11 is 0. The van der Waals surface area contributed by atoms with Gasteiger partial charge in [-0.15, -0.1) is 0 Å². The van der Waals surface area contributed by atoms with E-state index in [9.17, 15) is 0 Å². The third-order valence-corrected chi connectivity index (χ3v) is 11.2. The van der Waals surface area contributed by atoms with Crippen molar-refractivity contribution in [3.05, 3.63) is 192 Å². The number of hydrogen-bond acceptors (Lipinski definition) is 0. The smallest absolute Gasteiger partial charge is 0.0541 e. The van der Waals surface area contributed by atoms with Gasteiger partial charge in [0.05, 0.1) is 22.1 Å². The molecule has 0 N–H and O–H groups in total. The fourth-order valence-electron chi connectivity index (χ4n) is 7.96. The lowest BCUT2D eigenvalue weighted by Crippen LogP contribution is -1.95. The zero-order valence-electron chi connectivity index (χ0n) is 30.1. The van der Waals surface area contributed by atoms with E-state index in [0.29, 0.717) is 0 Å². The van der Waals surface area contributed by atoms with Crippen LogP contribution in [0.4, 0.5) is 0 Å². The summed E-state index contributed by atoms with van der Waals surface area (Å²) in [5, 5.41) is 5.13. The fraction of sp³-hybridized carbons (Fsp3) is 0.0800. The van der Waals surface area contributed by atoms with E-state index >= 15 is 0 Å². The number of allylic oxidation sites excluding steroid dienone is 4.